The average Bonchev–Trinajstić information content (AvgIpc) is 2.03. The summed E-state index contributed by atoms with van der Waals surface area (Å²) in [5.74, 6) is 0. The lowest BCUT2D eigenvalue weighted by Gasteiger charge is -2.05. The molecule has 0 aromatic heterocycles. The van der Waals surface area contributed by atoms with Gasteiger partial charge < -0.3 is 17.9 Å². The predicted octanol–water partition coefficient (Wildman–Crippen LogP) is 1.48. The molecule has 13 heavy (non-hydrogen) atoms. The maximum atomic E-state index is 10.9. The molecule has 0 aliphatic rings. The van der Waals surface area contributed by atoms with Gasteiger partial charge in [-0.2, -0.15) is 0 Å². The number of nitrogens with zero attached hydrogens (tertiary/aromatic N) is 1. The van der Waals surface area contributed by atoms with Crippen LogP contribution >= 0.6 is 0 Å². The third-order valence-corrected chi connectivity index (χ3v) is 1.90. The van der Waals surface area contributed by atoms with Crippen molar-refractivity contribution >= 4 is 18.5 Å². The van der Waals surface area contributed by atoms with Crippen LogP contribution in [-0.2, 0) is 19.2 Å². The summed E-state index contributed by atoms with van der Waals surface area (Å²) in [4.78, 5) is 10.9. The molecule has 0 heterocycles. The molecule has 0 radical (unpaired) electrons. The van der Waals surface area contributed by atoms with E-state index in [1.807, 2.05) is 6.07 Å². The molecule has 1 N–H and O–H groups in total. The summed E-state index contributed by atoms with van der Waals surface area (Å²) >= 11 is 4.48. The third-order valence-electron chi connectivity index (χ3n) is 1.70. The highest BCUT2D eigenvalue weighted by atomic mass is 32.1. The molecule has 1 unspecified atom stereocenters. The predicted molar refractivity (Wildman–Crippen MR) is 52.5 cm³/mol. The summed E-state index contributed by atoms with van der Waals surface area (Å²) in [6.07, 6.45) is -0.0120. The second kappa shape index (κ2) is 4.30. The smallest absolute Gasteiger partial charge is 0.241 e. The number of hydrogen-bond acceptors (Lipinski definition) is 3. The lowest BCUT2D eigenvalue weighted by molar-refractivity contribution is -0.263. The van der Waals surface area contributed by atoms with Crippen molar-refractivity contribution in [3.05, 3.63) is 34.7 Å². The van der Waals surface area contributed by atoms with Crippen LogP contribution in [0.3, 0.4) is 0 Å². The summed E-state index contributed by atoms with van der Waals surface area (Å²) in [7, 11) is 0. The van der Waals surface area contributed by atoms with Gasteiger partial charge in [-0.3, -0.25) is 0 Å². The van der Waals surface area contributed by atoms with Gasteiger partial charge in [-0.1, -0.05) is 22.4 Å². The highest BCUT2D eigenvalue weighted by molar-refractivity contribution is 7.51. The van der Waals surface area contributed by atoms with Gasteiger partial charge in [0.1, 0.15) is 0 Å². The van der Waals surface area contributed by atoms with Crippen LogP contribution < -0.4 is 0 Å². The van der Waals surface area contributed by atoms with E-state index < -0.39 is 6.10 Å². The zero-order chi connectivity index (χ0) is 9.84. The number of aliphatic hydroxyl groups is 1. The molecular formula is C9H11NO2S. The Morgan fingerprint density at radius 1 is 1.54 bits per heavy atom. The molecule has 1 aromatic carbocycles. The van der Waals surface area contributed by atoms with Gasteiger partial charge >= 0.3 is 0 Å². The highest BCUT2D eigenvalue weighted by Gasteiger charge is 2.11. The monoisotopic (exact) mass is 197 g/mol. The van der Waals surface area contributed by atoms with Crippen LogP contribution in [0.25, 0.3) is 0 Å². The van der Waals surface area contributed by atoms with Gasteiger partial charge in [0.2, 0.25) is 5.69 Å². The first-order chi connectivity index (χ1) is 6.11. The molecule has 70 valence electrons. The van der Waals surface area contributed by atoms with Crippen LogP contribution in [0.5, 0.6) is 0 Å². The van der Waals surface area contributed by atoms with E-state index in [2.05, 4.69) is 12.8 Å². The van der Waals surface area contributed by atoms with E-state index in [0.717, 1.165) is 5.56 Å². The van der Waals surface area contributed by atoms with E-state index in [1.165, 1.54) is 0 Å². The molecule has 0 aliphatic heterocycles. The van der Waals surface area contributed by atoms with Crippen LogP contribution in [0.2, 0.25) is 0 Å². The van der Waals surface area contributed by atoms with Crippen molar-refractivity contribution < 1.29 is 9.27 Å². The minimum atomic E-state index is -0.462. The normalized spacial score (nSPS) is 12.5. The quantitative estimate of drug-likeness (QED) is 0.589. The SMILES string of the molecule is CC(O)Cc1ccccc1[N+](=O)[S-]. The largest absolute Gasteiger partial charge is 0.393 e. The van der Waals surface area contributed by atoms with E-state index in [1.54, 1.807) is 25.1 Å². The lowest BCUT2D eigenvalue weighted by Crippen LogP contribution is -2.06. The maximum absolute atomic E-state index is 10.9. The molecule has 0 saturated carbocycles. The van der Waals surface area contributed by atoms with Gasteiger partial charge in [-0.25, -0.2) is 0 Å². The fourth-order valence-corrected chi connectivity index (χ4v) is 1.36. The van der Waals surface area contributed by atoms with Gasteiger partial charge in [0, 0.05) is 23.0 Å². The molecule has 0 spiro atoms. The molecule has 4 heteroatoms. The number of para-hydroxylation sites is 1. The van der Waals surface area contributed by atoms with E-state index in [-0.39, 0.29) is 0 Å². The van der Waals surface area contributed by atoms with Crippen molar-refractivity contribution in [3.63, 3.8) is 0 Å². The molecule has 0 saturated heterocycles. The summed E-state index contributed by atoms with van der Waals surface area (Å²) in [6, 6.07) is 7.01. The Balaban J connectivity index is 2.98. The van der Waals surface area contributed by atoms with E-state index >= 15 is 0 Å². The molecule has 1 rings (SSSR count). The van der Waals surface area contributed by atoms with E-state index in [0.29, 0.717) is 16.3 Å². The van der Waals surface area contributed by atoms with Crippen LogP contribution in [-0.4, -0.2) is 15.4 Å². The Labute approximate surface area is 82.5 Å². The highest BCUT2D eigenvalue weighted by Crippen LogP contribution is 2.18. The zero-order valence-corrected chi connectivity index (χ0v) is 8.12. The second-order valence-corrected chi connectivity index (χ2v) is 3.27. The van der Waals surface area contributed by atoms with Crippen molar-refractivity contribution in [1.29, 1.82) is 0 Å². The summed E-state index contributed by atoms with van der Waals surface area (Å²) < 4.78 is 0.401. The minimum absolute atomic E-state index is 0.401. The molecule has 0 amide bonds. The van der Waals surface area contributed by atoms with Gasteiger partial charge in [-0.05, 0) is 6.92 Å². The van der Waals surface area contributed by atoms with Gasteiger partial charge in [0.15, 0.2) is 0 Å². The lowest BCUT2D eigenvalue weighted by atomic mass is 10.1. The van der Waals surface area contributed by atoms with Crippen LogP contribution in [0.1, 0.15) is 12.5 Å². The molecule has 3 nitrogen and oxygen atoms in total. The Bertz CT molecular complexity index is 312. The Morgan fingerprint density at radius 3 is 2.69 bits per heavy atom. The Morgan fingerprint density at radius 2 is 2.15 bits per heavy atom. The molecule has 1 atom stereocenters. The topological polar surface area (TPSA) is 40.3 Å². The molecule has 0 bridgehead atoms. The van der Waals surface area contributed by atoms with E-state index in [4.69, 9.17) is 5.11 Å². The maximum Gasteiger partial charge on any atom is 0.241 e. The number of benzene rings is 1. The van der Waals surface area contributed by atoms with Crippen molar-refractivity contribution in [1.82, 2.24) is 0 Å². The third kappa shape index (κ3) is 2.75. The standard InChI is InChI=1S/C9H11NO2S/c1-7(11)6-8-4-2-3-5-9(8)10(12)13/h2-5,7,11H,6H2,1H3. The summed E-state index contributed by atoms with van der Waals surface area (Å²) in [5.41, 5.74) is 1.22. The van der Waals surface area contributed by atoms with E-state index in [9.17, 15) is 4.91 Å². The van der Waals surface area contributed by atoms with Crippen LogP contribution in [0.15, 0.2) is 24.3 Å². The molecule has 0 aliphatic carbocycles. The molecule has 0 fully saturated rings. The number of rotatable bonds is 3. The van der Waals surface area contributed by atoms with Crippen LogP contribution in [0, 0.1) is 4.91 Å². The van der Waals surface area contributed by atoms with Gasteiger partial charge in [0.05, 0.1) is 6.10 Å². The van der Waals surface area contributed by atoms with Crippen molar-refractivity contribution in [2.24, 2.45) is 0 Å². The molecular weight excluding hydrogens is 186 g/mol. The van der Waals surface area contributed by atoms with Crippen molar-refractivity contribution in [2.45, 2.75) is 19.4 Å². The zero-order valence-electron chi connectivity index (χ0n) is 7.30. The Kier molecular flexibility index (Phi) is 3.33. The fourth-order valence-electron chi connectivity index (χ4n) is 1.18. The van der Waals surface area contributed by atoms with Gasteiger partial charge in [-0.15, -0.1) is 0 Å². The summed E-state index contributed by atoms with van der Waals surface area (Å²) in [5, 5.41) is 9.16. The summed E-state index contributed by atoms with van der Waals surface area (Å²) in [6.45, 7) is 1.68. The molecule has 1 aromatic rings. The average molecular weight is 197 g/mol. The first-order valence-electron chi connectivity index (χ1n) is 4.01. The van der Waals surface area contributed by atoms with Gasteiger partial charge in [0.25, 0.3) is 0 Å². The number of hydrogen-bond donors (Lipinski definition) is 1. The second-order valence-electron chi connectivity index (χ2n) is 2.94. The number of aliphatic hydroxyl groups excluding tert-OH is 1. The van der Waals surface area contributed by atoms with Crippen molar-refractivity contribution in [3.8, 4) is 0 Å². The van der Waals surface area contributed by atoms with Crippen LogP contribution in [0.4, 0.5) is 5.69 Å². The first kappa shape index (κ1) is 10.1. The van der Waals surface area contributed by atoms with Crippen molar-refractivity contribution in [2.75, 3.05) is 0 Å². The minimum Gasteiger partial charge on any atom is -0.393 e. The fraction of sp³-hybridized carbons (Fsp3) is 0.333. The number of nitroso groups, excluding NO2 is 1. The Hall–Kier alpha value is -1.00. The first-order valence-corrected chi connectivity index (χ1v) is 4.38.